The molecule has 0 fully saturated rings. The highest BCUT2D eigenvalue weighted by atomic mass is 16.4. The van der Waals surface area contributed by atoms with Gasteiger partial charge in [-0.2, -0.15) is 0 Å². The Morgan fingerprint density at radius 2 is 1.50 bits per heavy atom. The van der Waals surface area contributed by atoms with Crippen molar-refractivity contribution in [2.45, 2.75) is 6.92 Å². The maximum atomic E-state index is 10.8. The van der Waals surface area contributed by atoms with Gasteiger partial charge in [-0.05, 0) is 18.6 Å². The number of aromatic carboxylic acids is 1. The lowest BCUT2D eigenvalue weighted by Gasteiger charge is -1.94. The molecule has 0 aromatic heterocycles. The number of carbonyl (C=O) groups is 1. The van der Waals surface area contributed by atoms with Gasteiger partial charge >= 0.3 is 5.97 Å². The highest BCUT2D eigenvalue weighted by molar-refractivity contribution is 5.88. The summed E-state index contributed by atoms with van der Waals surface area (Å²) in [4.78, 5) is 10.8. The first-order valence-corrected chi connectivity index (χ1v) is 4.34. The van der Waals surface area contributed by atoms with Crippen LogP contribution in [-0.4, -0.2) is 11.1 Å². The zero-order chi connectivity index (χ0) is 10.4. The van der Waals surface area contributed by atoms with Crippen molar-refractivity contribution in [3.8, 4) is 0 Å². The fourth-order valence-corrected chi connectivity index (χ4v) is 1.07. The second kappa shape index (κ2) is 5.02. The number of carboxylic acids is 1. The largest absolute Gasteiger partial charge is 0.478 e. The van der Waals surface area contributed by atoms with E-state index in [1.165, 1.54) is 0 Å². The van der Waals surface area contributed by atoms with E-state index in [2.05, 4.69) is 0 Å². The van der Waals surface area contributed by atoms with Gasteiger partial charge in [0.05, 0.1) is 5.56 Å². The van der Waals surface area contributed by atoms with Crippen LogP contribution in [0.4, 0.5) is 0 Å². The van der Waals surface area contributed by atoms with Crippen LogP contribution in [0.15, 0.2) is 48.5 Å². The van der Waals surface area contributed by atoms with E-state index in [1.54, 1.807) is 31.2 Å². The van der Waals surface area contributed by atoms with Gasteiger partial charge in [-0.15, -0.1) is 0 Å². The zero-order valence-corrected chi connectivity index (χ0v) is 7.97. The Balaban J connectivity index is 3.37. The lowest BCUT2D eigenvalue weighted by Crippen LogP contribution is -1.96. The molecule has 0 amide bonds. The third-order valence-electron chi connectivity index (χ3n) is 1.82. The molecular formula is C12H12O2. The van der Waals surface area contributed by atoms with Crippen LogP contribution in [0, 0.1) is 6.92 Å². The van der Waals surface area contributed by atoms with Crippen LogP contribution in [0.2, 0.25) is 0 Å². The molecule has 2 nitrogen and oxygen atoms in total. The maximum Gasteiger partial charge on any atom is 0.335 e. The van der Waals surface area contributed by atoms with Crippen molar-refractivity contribution in [1.82, 2.24) is 0 Å². The molecule has 1 rings (SSSR count). The molecule has 0 saturated heterocycles. The van der Waals surface area contributed by atoms with Crippen LogP contribution in [-0.2, 0) is 0 Å². The lowest BCUT2D eigenvalue weighted by atomic mass is 10.1. The first kappa shape index (κ1) is 10.3. The fourth-order valence-electron chi connectivity index (χ4n) is 1.07. The summed E-state index contributed by atoms with van der Waals surface area (Å²) in [5.74, 6) is -0.902. The highest BCUT2D eigenvalue weighted by Crippen LogP contribution is 2.03. The molecule has 0 atom stereocenters. The summed E-state index contributed by atoms with van der Waals surface area (Å²) in [5, 5.41) is 8.90. The molecule has 0 saturated carbocycles. The van der Waals surface area contributed by atoms with Crippen LogP contribution in [0.5, 0.6) is 0 Å². The number of hydrogen-bond donors (Lipinski definition) is 1. The van der Waals surface area contributed by atoms with Gasteiger partial charge in [0, 0.05) is 0 Å². The smallest absolute Gasteiger partial charge is 0.335 e. The second-order valence-electron chi connectivity index (χ2n) is 2.89. The van der Waals surface area contributed by atoms with Crippen molar-refractivity contribution < 1.29 is 9.90 Å². The molecule has 1 N–H and O–H groups in total. The monoisotopic (exact) mass is 188 g/mol. The van der Waals surface area contributed by atoms with Crippen LogP contribution in [0.25, 0.3) is 0 Å². The first-order chi connectivity index (χ1) is 6.72. The van der Waals surface area contributed by atoms with Crippen LogP contribution in [0.3, 0.4) is 0 Å². The molecule has 0 aliphatic heterocycles. The van der Waals surface area contributed by atoms with E-state index < -0.39 is 5.97 Å². The van der Waals surface area contributed by atoms with Crippen molar-refractivity contribution >= 4 is 5.97 Å². The molecule has 0 aliphatic carbocycles. The molecule has 2 heteroatoms. The molecule has 1 aromatic carbocycles. The van der Waals surface area contributed by atoms with E-state index in [0.717, 1.165) is 5.56 Å². The molecule has 0 radical (unpaired) electrons. The summed E-state index contributed by atoms with van der Waals surface area (Å²) in [6.07, 6.45) is 0. The summed E-state index contributed by atoms with van der Waals surface area (Å²) in [7, 11) is 0. The summed E-state index contributed by atoms with van der Waals surface area (Å²) >= 11 is 0. The van der Waals surface area contributed by atoms with Crippen LogP contribution >= 0.6 is 0 Å². The van der Waals surface area contributed by atoms with E-state index in [4.69, 9.17) is 5.11 Å². The van der Waals surface area contributed by atoms with Crippen molar-refractivity contribution in [1.29, 1.82) is 0 Å². The SMILES string of the molecule is Cc1ccccccccc1C(=O)O. The third-order valence-corrected chi connectivity index (χ3v) is 1.82. The normalized spacial score (nSPS) is 8.93. The summed E-state index contributed by atoms with van der Waals surface area (Å²) in [5.41, 5.74) is 1.06. The predicted octanol–water partition coefficient (Wildman–Crippen LogP) is 2.82. The van der Waals surface area contributed by atoms with E-state index in [1.807, 2.05) is 24.3 Å². The van der Waals surface area contributed by atoms with E-state index >= 15 is 0 Å². The molecule has 0 unspecified atom stereocenters. The Kier molecular flexibility index (Phi) is 3.68. The number of rotatable bonds is 1. The minimum absolute atomic E-state index is 0.321. The summed E-state index contributed by atoms with van der Waals surface area (Å²) in [6.45, 7) is 1.78. The topological polar surface area (TPSA) is 37.3 Å². The van der Waals surface area contributed by atoms with Gasteiger partial charge in [0.2, 0.25) is 0 Å². The van der Waals surface area contributed by atoms with Gasteiger partial charge in [0.1, 0.15) is 0 Å². The maximum absolute atomic E-state index is 10.8. The Labute approximate surface area is 83.2 Å². The average Bonchev–Trinajstić information content (AvgIpc) is 2.15. The van der Waals surface area contributed by atoms with Crippen molar-refractivity contribution in [3.05, 3.63) is 59.7 Å². The van der Waals surface area contributed by atoms with Crippen LogP contribution < -0.4 is 0 Å². The fraction of sp³-hybridized carbons (Fsp3) is 0.0833. The Morgan fingerprint density at radius 1 is 1.00 bits per heavy atom. The molecule has 14 heavy (non-hydrogen) atoms. The third kappa shape index (κ3) is 2.90. The van der Waals surface area contributed by atoms with Crippen LogP contribution in [0.1, 0.15) is 15.9 Å². The molecule has 72 valence electrons. The van der Waals surface area contributed by atoms with Gasteiger partial charge in [-0.1, -0.05) is 42.5 Å². The zero-order valence-electron chi connectivity index (χ0n) is 7.97. The minimum Gasteiger partial charge on any atom is -0.478 e. The van der Waals surface area contributed by atoms with Gasteiger partial charge in [0.15, 0.2) is 0 Å². The van der Waals surface area contributed by atoms with Crippen molar-refractivity contribution in [2.24, 2.45) is 0 Å². The summed E-state index contributed by atoms with van der Waals surface area (Å²) < 4.78 is 0. The number of carboxylic acid groups (broad SMARTS) is 1. The van der Waals surface area contributed by atoms with Crippen molar-refractivity contribution in [2.75, 3.05) is 0 Å². The van der Waals surface area contributed by atoms with E-state index in [-0.39, 0.29) is 0 Å². The standard InChI is InChI=1S/C12H12O2/c1-10-8-6-4-2-3-5-7-9-11(10)12(13)14/h2-9H,1H3,(H,13,14). The molecule has 0 bridgehead atoms. The second-order valence-corrected chi connectivity index (χ2v) is 2.89. The lowest BCUT2D eigenvalue weighted by molar-refractivity contribution is 0.0696. The Bertz CT molecular complexity index is 382. The quantitative estimate of drug-likeness (QED) is 0.735. The molecule has 1 aromatic rings. The van der Waals surface area contributed by atoms with E-state index in [0.29, 0.717) is 5.56 Å². The molecule has 0 aliphatic rings. The van der Waals surface area contributed by atoms with E-state index in [9.17, 15) is 4.79 Å². The first-order valence-electron chi connectivity index (χ1n) is 4.34. The van der Waals surface area contributed by atoms with Crippen molar-refractivity contribution in [3.63, 3.8) is 0 Å². The molecular weight excluding hydrogens is 176 g/mol. The summed E-state index contributed by atoms with van der Waals surface area (Å²) in [6, 6.07) is 14.3. The van der Waals surface area contributed by atoms with Gasteiger partial charge in [-0.25, -0.2) is 4.79 Å². The van der Waals surface area contributed by atoms with Gasteiger partial charge in [0.25, 0.3) is 0 Å². The number of hydrogen-bond acceptors (Lipinski definition) is 1. The Morgan fingerprint density at radius 3 is 2.07 bits per heavy atom. The average molecular weight is 188 g/mol. The molecule has 0 heterocycles. The highest BCUT2D eigenvalue weighted by Gasteiger charge is 2.01. The Hall–Kier alpha value is -1.83. The minimum atomic E-state index is -0.902. The predicted molar refractivity (Wildman–Crippen MR) is 55.8 cm³/mol. The van der Waals surface area contributed by atoms with Gasteiger partial charge in [-0.3, -0.25) is 0 Å². The molecule has 0 spiro atoms. The van der Waals surface area contributed by atoms with Gasteiger partial charge < -0.3 is 5.11 Å². The number of aryl methyl sites for hydroxylation is 1.